The molecule has 0 amide bonds. The molecule has 0 aromatic rings. The molecule has 5 heteroatoms. The normalized spacial score (nSPS) is 8.23. The maximum absolute atomic E-state index is 10.3. The van der Waals surface area contributed by atoms with E-state index in [2.05, 4.69) is 16.1 Å². The number of methoxy groups -OCH3 is 2. The lowest BCUT2D eigenvalue weighted by molar-refractivity contribution is -0.137. The maximum atomic E-state index is 10.3. The van der Waals surface area contributed by atoms with Crippen molar-refractivity contribution in [3.63, 3.8) is 0 Å². The molecule has 0 heterocycles. The van der Waals surface area contributed by atoms with Crippen molar-refractivity contribution in [2.24, 2.45) is 0 Å². The quantitative estimate of drug-likeness (QED) is 0.504. The first-order valence-corrected chi connectivity index (χ1v) is 3.61. The third-order valence-corrected chi connectivity index (χ3v) is 0.758. The number of hydrogen-bond acceptors (Lipinski definition) is 4. The van der Waals surface area contributed by atoms with E-state index in [4.69, 9.17) is 11.6 Å². The highest BCUT2D eigenvalue weighted by atomic mass is 35.5. The van der Waals surface area contributed by atoms with Crippen LogP contribution in [0.3, 0.4) is 0 Å². The van der Waals surface area contributed by atoms with Gasteiger partial charge in [0, 0.05) is 12.2 Å². The van der Waals surface area contributed by atoms with E-state index in [1.54, 1.807) is 0 Å². The van der Waals surface area contributed by atoms with Gasteiger partial charge in [0.25, 0.3) is 0 Å². The summed E-state index contributed by atoms with van der Waals surface area (Å²) in [5, 5.41) is 0. The Hall–Kier alpha value is -1.29. The number of carbonyl (C=O) groups is 2. The van der Waals surface area contributed by atoms with Crippen LogP contribution in [0.25, 0.3) is 0 Å². The lowest BCUT2D eigenvalue weighted by Crippen LogP contribution is -1.98. The third-order valence-electron chi connectivity index (χ3n) is 0.758. The van der Waals surface area contributed by atoms with Crippen molar-refractivity contribution in [2.45, 2.75) is 0 Å². The van der Waals surface area contributed by atoms with Crippen LogP contribution in [-0.2, 0) is 19.1 Å². The summed E-state index contributed by atoms with van der Waals surface area (Å²) in [6, 6.07) is 0. The second-order valence-corrected chi connectivity index (χ2v) is 1.84. The molecule has 0 radical (unpaired) electrons. The smallest absolute Gasteiger partial charge is 0.330 e. The minimum absolute atomic E-state index is 0.578. The molecule has 0 rings (SSSR count). The summed E-state index contributed by atoms with van der Waals surface area (Å²) in [4.78, 5) is 20.6. The summed E-state index contributed by atoms with van der Waals surface area (Å²) < 4.78 is 8.42. The van der Waals surface area contributed by atoms with Gasteiger partial charge in [0.05, 0.1) is 14.2 Å². The van der Waals surface area contributed by atoms with Gasteiger partial charge in [-0.1, -0.05) is 18.2 Å². The van der Waals surface area contributed by atoms with Gasteiger partial charge in [0.15, 0.2) is 0 Å². The van der Waals surface area contributed by atoms with Crippen LogP contribution in [0.1, 0.15) is 0 Å². The van der Waals surface area contributed by atoms with Gasteiger partial charge in [-0.05, 0) is 5.54 Å². The minimum Gasteiger partial charge on any atom is -0.466 e. The highest BCUT2D eigenvalue weighted by molar-refractivity contribution is 6.25. The Morgan fingerprint density at radius 3 is 1.54 bits per heavy atom. The Morgan fingerprint density at radius 1 is 1.15 bits per heavy atom. The Bertz CT molecular complexity index is 180. The molecule has 0 N–H and O–H groups in total. The molecular weight excluding hydrogens is 196 g/mol. The van der Waals surface area contributed by atoms with Gasteiger partial charge in [-0.2, -0.15) is 0 Å². The molecule has 0 spiro atoms. The molecule has 0 aromatic heterocycles. The first-order valence-electron chi connectivity index (χ1n) is 3.17. The van der Waals surface area contributed by atoms with E-state index in [0.29, 0.717) is 0 Å². The van der Waals surface area contributed by atoms with E-state index < -0.39 is 11.9 Å². The first kappa shape index (κ1) is 14.2. The number of ether oxygens (including phenoxy) is 2. The van der Waals surface area contributed by atoms with Gasteiger partial charge in [0.2, 0.25) is 0 Å². The van der Waals surface area contributed by atoms with E-state index in [1.807, 2.05) is 0 Å². The van der Waals surface area contributed by atoms with Crippen LogP contribution in [0.2, 0.25) is 0 Å². The molecule has 0 aliphatic carbocycles. The average Bonchev–Trinajstić information content (AvgIpc) is 2.14. The Kier molecular flexibility index (Phi) is 11.7. The topological polar surface area (TPSA) is 52.6 Å². The van der Waals surface area contributed by atoms with Crippen molar-refractivity contribution in [3.05, 3.63) is 24.3 Å². The highest BCUT2D eigenvalue weighted by Gasteiger charge is 1.94. The highest BCUT2D eigenvalue weighted by Crippen LogP contribution is 1.80. The standard InChI is InChI=1S/C6H8O4.C2H3Cl/c1-9-5(7)3-4-6(8)10-2;1-2-3/h3-4H,1-2H3;2H,1H2. The van der Waals surface area contributed by atoms with Gasteiger partial charge < -0.3 is 9.47 Å². The van der Waals surface area contributed by atoms with E-state index in [-0.39, 0.29) is 0 Å². The van der Waals surface area contributed by atoms with E-state index in [9.17, 15) is 9.59 Å². The zero-order chi connectivity index (χ0) is 10.7. The second kappa shape index (κ2) is 10.7. The second-order valence-electron chi connectivity index (χ2n) is 1.53. The van der Waals surface area contributed by atoms with Gasteiger partial charge in [0.1, 0.15) is 0 Å². The van der Waals surface area contributed by atoms with E-state index in [1.165, 1.54) is 19.8 Å². The minimum atomic E-state index is -0.578. The zero-order valence-electron chi connectivity index (χ0n) is 7.45. The molecule has 74 valence electrons. The monoisotopic (exact) mass is 206 g/mol. The fraction of sp³-hybridized carbons (Fsp3) is 0.250. The number of halogens is 1. The predicted molar refractivity (Wildman–Crippen MR) is 49.2 cm³/mol. The Morgan fingerprint density at radius 2 is 1.38 bits per heavy atom. The summed E-state index contributed by atoms with van der Waals surface area (Å²) in [6.07, 6.45) is 1.98. The number of carbonyl (C=O) groups excluding carboxylic acids is 2. The number of rotatable bonds is 2. The average molecular weight is 207 g/mol. The van der Waals surface area contributed by atoms with Crippen LogP contribution in [0.5, 0.6) is 0 Å². The lowest BCUT2D eigenvalue weighted by Gasteiger charge is -1.89. The molecule has 0 atom stereocenters. The summed E-state index contributed by atoms with van der Waals surface area (Å²) in [6.45, 7) is 3.13. The molecule has 0 aliphatic heterocycles. The number of hydrogen-bond donors (Lipinski definition) is 0. The summed E-state index contributed by atoms with van der Waals surface area (Å²) in [5.74, 6) is -1.16. The largest absolute Gasteiger partial charge is 0.466 e. The SMILES string of the molecule is C=CCl.COC(=O)C=CC(=O)OC. The van der Waals surface area contributed by atoms with Crippen molar-refractivity contribution < 1.29 is 19.1 Å². The summed E-state index contributed by atoms with van der Waals surface area (Å²) in [7, 11) is 2.45. The van der Waals surface area contributed by atoms with Crippen molar-refractivity contribution in [3.8, 4) is 0 Å². The molecule has 0 bridgehead atoms. The molecule has 0 saturated carbocycles. The van der Waals surface area contributed by atoms with Crippen LogP contribution in [-0.4, -0.2) is 26.2 Å². The molecule has 0 unspecified atom stereocenters. The molecule has 0 aromatic carbocycles. The fourth-order valence-electron chi connectivity index (χ4n) is 0.272. The summed E-state index contributed by atoms with van der Waals surface area (Å²) >= 11 is 4.76. The van der Waals surface area contributed by atoms with Crippen molar-refractivity contribution in [1.29, 1.82) is 0 Å². The van der Waals surface area contributed by atoms with Crippen LogP contribution in [0, 0.1) is 0 Å². The van der Waals surface area contributed by atoms with Crippen molar-refractivity contribution in [2.75, 3.05) is 14.2 Å². The predicted octanol–water partition coefficient (Wildman–Crippen LogP) is 1.26. The molecule has 13 heavy (non-hydrogen) atoms. The van der Waals surface area contributed by atoms with E-state index in [0.717, 1.165) is 12.2 Å². The molecule has 0 fully saturated rings. The third kappa shape index (κ3) is 13.7. The first-order chi connectivity index (χ1) is 6.12. The number of esters is 2. The summed E-state index contributed by atoms with van der Waals surface area (Å²) in [5.41, 5.74) is 1.22. The Labute approximate surface area is 81.8 Å². The van der Waals surface area contributed by atoms with Crippen LogP contribution < -0.4 is 0 Å². The Balaban J connectivity index is 0. The van der Waals surface area contributed by atoms with Gasteiger partial charge in [-0.3, -0.25) is 0 Å². The molecule has 4 nitrogen and oxygen atoms in total. The van der Waals surface area contributed by atoms with Crippen molar-refractivity contribution in [1.82, 2.24) is 0 Å². The van der Waals surface area contributed by atoms with Gasteiger partial charge in [-0.25, -0.2) is 9.59 Å². The fourth-order valence-corrected chi connectivity index (χ4v) is 0.272. The molecule has 0 aliphatic rings. The van der Waals surface area contributed by atoms with Crippen LogP contribution in [0.15, 0.2) is 24.3 Å². The lowest BCUT2D eigenvalue weighted by atomic mass is 10.5. The van der Waals surface area contributed by atoms with Crippen LogP contribution >= 0.6 is 11.6 Å². The zero-order valence-corrected chi connectivity index (χ0v) is 8.21. The van der Waals surface area contributed by atoms with Crippen LogP contribution in [0.4, 0.5) is 0 Å². The molecule has 0 saturated heterocycles. The van der Waals surface area contributed by atoms with Gasteiger partial charge >= 0.3 is 11.9 Å². The maximum Gasteiger partial charge on any atom is 0.330 e. The van der Waals surface area contributed by atoms with E-state index >= 15 is 0 Å². The molecular formula is C8H11ClO4. The van der Waals surface area contributed by atoms with Gasteiger partial charge in [-0.15, -0.1) is 0 Å². The van der Waals surface area contributed by atoms with Crippen molar-refractivity contribution >= 4 is 23.5 Å².